The molecule has 0 aliphatic carbocycles. The van der Waals surface area contributed by atoms with Crippen molar-refractivity contribution >= 4 is 11.4 Å². The maximum atomic E-state index is 13.9. The van der Waals surface area contributed by atoms with Crippen LogP contribution in [0.3, 0.4) is 0 Å². The molecule has 0 unspecified atom stereocenters. The zero-order valence-corrected chi connectivity index (χ0v) is 15.9. The molecule has 3 aromatic rings. The summed E-state index contributed by atoms with van der Waals surface area (Å²) in [6.07, 6.45) is 0. The Balaban J connectivity index is 2.64. The van der Waals surface area contributed by atoms with E-state index in [4.69, 9.17) is 13.1 Å². The first-order valence-electron chi connectivity index (χ1n) is 8.72. The van der Waals surface area contributed by atoms with Crippen LogP contribution in [0.5, 0.6) is 0 Å². The van der Waals surface area contributed by atoms with Crippen molar-refractivity contribution in [1.82, 2.24) is 0 Å². The first-order chi connectivity index (χ1) is 15.3. The molecule has 3 rings (SSSR count). The number of nitriles is 2. The molecule has 0 saturated heterocycles. The summed E-state index contributed by atoms with van der Waals surface area (Å²) in [4.78, 5) is 6.26. The van der Waals surface area contributed by atoms with Gasteiger partial charge in [0.15, 0.2) is 0 Å². The van der Waals surface area contributed by atoms with Crippen LogP contribution in [0.15, 0.2) is 48.5 Å². The molecule has 0 spiro atoms. The van der Waals surface area contributed by atoms with E-state index >= 15 is 0 Å². The van der Waals surface area contributed by atoms with Crippen LogP contribution in [0.4, 0.5) is 17.6 Å². The predicted molar refractivity (Wildman–Crippen MR) is 108 cm³/mol. The van der Waals surface area contributed by atoms with Gasteiger partial charge in [-0.1, -0.05) is 12.1 Å². The summed E-state index contributed by atoms with van der Waals surface area (Å²) in [6, 6.07) is 10.8. The summed E-state index contributed by atoms with van der Waals surface area (Å²) in [5.74, 6) is -3.72. The molecule has 0 N–H and O–H groups in total. The van der Waals surface area contributed by atoms with Crippen LogP contribution >= 0.6 is 0 Å². The van der Waals surface area contributed by atoms with E-state index in [-0.39, 0.29) is 32.7 Å². The SMILES string of the molecule is [C-]#[N+]/C(C#N)=c1/cc(-c2cc(F)cc(F)c2)/c(=C(\C#N)[N+]#[C-])cc1-c1cc(F)cc(F)c1. The standard InChI is InChI=1S/C24H8F4N4/c1-31-23(11-29)21-9-20(14-5-17(27)8-18(28)6-14)22(24(12-30)32-2)10-19(21)13-3-15(25)7-16(26)4-13/h3-10H/b23-21-,24-22+. The van der Waals surface area contributed by atoms with Crippen molar-refractivity contribution in [3.63, 3.8) is 0 Å². The van der Waals surface area contributed by atoms with Crippen LogP contribution in [0.1, 0.15) is 0 Å². The summed E-state index contributed by atoms with van der Waals surface area (Å²) in [5.41, 5.74) is -1.07. The lowest BCUT2D eigenvalue weighted by Gasteiger charge is -2.11. The monoisotopic (exact) mass is 428 g/mol. The third-order valence-electron chi connectivity index (χ3n) is 4.45. The minimum atomic E-state index is -0.931. The van der Waals surface area contributed by atoms with Gasteiger partial charge < -0.3 is 0 Å². The van der Waals surface area contributed by atoms with E-state index in [0.717, 1.165) is 24.3 Å². The molecule has 32 heavy (non-hydrogen) atoms. The van der Waals surface area contributed by atoms with Gasteiger partial charge in [-0.2, -0.15) is 0 Å². The van der Waals surface area contributed by atoms with Gasteiger partial charge in [-0.3, -0.25) is 0 Å². The Morgan fingerprint density at radius 1 is 0.594 bits per heavy atom. The summed E-state index contributed by atoms with van der Waals surface area (Å²) in [7, 11) is 0. The molecule has 8 heteroatoms. The highest BCUT2D eigenvalue weighted by Crippen LogP contribution is 2.23. The fourth-order valence-electron chi connectivity index (χ4n) is 3.18. The Kier molecular flexibility index (Phi) is 6.02. The molecule has 152 valence electrons. The molecule has 0 atom stereocenters. The lowest BCUT2D eigenvalue weighted by atomic mass is 9.94. The van der Waals surface area contributed by atoms with Crippen molar-refractivity contribution in [2.24, 2.45) is 0 Å². The lowest BCUT2D eigenvalue weighted by Crippen LogP contribution is -2.19. The van der Waals surface area contributed by atoms with E-state index in [2.05, 4.69) is 9.69 Å². The van der Waals surface area contributed by atoms with E-state index in [0.29, 0.717) is 12.1 Å². The minimum Gasteiger partial charge on any atom is -0.226 e. The van der Waals surface area contributed by atoms with Gasteiger partial charge in [-0.05, 0) is 57.0 Å². The Morgan fingerprint density at radius 3 is 1.16 bits per heavy atom. The second-order valence-corrected chi connectivity index (χ2v) is 6.40. The minimum absolute atomic E-state index is 0.0111. The van der Waals surface area contributed by atoms with Crippen molar-refractivity contribution < 1.29 is 17.6 Å². The van der Waals surface area contributed by atoms with E-state index in [1.54, 1.807) is 12.1 Å². The predicted octanol–water partition coefficient (Wildman–Crippen LogP) is 4.68. The number of halogens is 4. The highest BCUT2D eigenvalue weighted by Gasteiger charge is 2.15. The van der Waals surface area contributed by atoms with Gasteiger partial charge in [0.25, 0.3) is 11.4 Å². The maximum Gasteiger partial charge on any atom is 0.269 e. The van der Waals surface area contributed by atoms with E-state index in [1.807, 2.05) is 0 Å². The second kappa shape index (κ2) is 8.84. The molecule has 0 heterocycles. The van der Waals surface area contributed by atoms with Crippen LogP contribution in [0.25, 0.3) is 43.3 Å². The fraction of sp³-hybridized carbons (Fsp3) is 0. The number of benzene rings is 3. The van der Waals surface area contributed by atoms with Gasteiger partial charge in [0.1, 0.15) is 23.3 Å². The average molecular weight is 428 g/mol. The molecular formula is C24H8F4N4. The Hall–Kier alpha value is -4.92. The molecule has 0 aliphatic heterocycles. The Labute approximate surface area is 179 Å². The molecular weight excluding hydrogens is 420 g/mol. The summed E-state index contributed by atoms with van der Waals surface area (Å²) in [5, 5.41) is 18.6. The Morgan fingerprint density at radius 2 is 0.906 bits per heavy atom. The van der Waals surface area contributed by atoms with Crippen molar-refractivity contribution in [3.8, 4) is 34.4 Å². The third-order valence-corrected chi connectivity index (χ3v) is 4.45. The molecule has 0 bridgehead atoms. The second-order valence-electron chi connectivity index (χ2n) is 6.40. The first kappa shape index (κ1) is 21.8. The van der Waals surface area contributed by atoms with Crippen molar-refractivity contribution in [3.05, 3.63) is 105 Å². The first-order valence-corrected chi connectivity index (χ1v) is 8.72. The molecule has 3 aromatic carbocycles. The summed E-state index contributed by atoms with van der Waals surface area (Å²) >= 11 is 0. The Bertz CT molecular complexity index is 1370. The molecule has 0 aliphatic rings. The molecule has 0 radical (unpaired) electrons. The molecule has 4 nitrogen and oxygen atoms in total. The molecule has 0 amide bonds. The van der Waals surface area contributed by atoms with E-state index in [1.165, 1.54) is 12.1 Å². The largest absolute Gasteiger partial charge is 0.269 e. The van der Waals surface area contributed by atoms with Crippen LogP contribution in [-0.4, -0.2) is 0 Å². The van der Waals surface area contributed by atoms with Gasteiger partial charge in [-0.25, -0.2) is 37.8 Å². The third kappa shape index (κ3) is 4.17. The van der Waals surface area contributed by atoms with E-state index < -0.39 is 34.7 Å². The normalized spacial score (nSPS) is 12.0. The lowest BCUT2D eigenvalue weighted by molar-refractivity contribution is 0.583. The molecule has 0 fully saturated rings. The topological polar surface area (TPSA) is 56.3 Å². The average Bonchev–Trinajstić information content (AvgIpc) is 2.74. The highest BCUT2D eigenvalue weighted by atomic mass is 19.1. The number of hydrogen-bond acceptors (Lipinski definition) is 2. The number of nitrogens with zero attached hydrogens (tertiary/aromatic N) is 4. The van der Waals surface area contributed by atoms with Crippen LogP contribution in [0, 0.1) is 59.1 Å². The van der Waals surface area contributed by atoms with E-state index in [9.17, 15) is 28.1 Å². The maximum absolute atomic E-state index is 13.9. The van der Waals surface area contributed by atoms with Gasteiger partial charge in [0.2, 0.25) is 0 Å². The smallest absolute Gasteiger partial charge is 0.226 e. The quantitative estimate of drug-likeness (QED) is 0.440. The highest BCUT2D eigenvalue weighted by molar-refractivity contribution is 5.82. The van der Waals surface area contributed by atoms with Crippen molar-refractivity contribution in [1.29, 1.82) is 10.5 Å². The van der Waals surface area contributed by atoms with Crippen LogP contribution < -0.4 is 10.4 Å². The zero-order chi connectivity index (χ0) is 23.4. The van der Waals surface area contributed by atoms with Gasteiger partial charge in [0.05, 0.1) is 25.3 Å². The van der Waals surface area contributed by atoms with Crippen molar-refractivity contribution in [2.75, 3.05) is 0 Å². The van der Waals surface area contributed by atoms with Crippen molar-refractivity contribution in [2.45, 2.75) is 0 Å². The van der Waals surface area contributed by atoms with Gasteiger partial charge >= 0.3 is 0 Å². The molecule has 0 saturated carbocycles. The number of hydrogen-bond donors (Lipinski definition) is 0. The summed E-state index contributed by atoms with van der Waals surface area (Å²) < 4.78 is 55.5. The zero-order valence-electron chi connectivity index (χ0n) is 15.9. The number of rotatable bonds is 2. The summed E-state index contributed by atoms with van der Waals surface area (Å²) in [6.45, 7) is 14.6. The molecule has 0 aromatic heterocycles. The van der Waals surface area contributed by atoms with Gasteiger partial charge in [-0.15, -0.1) is 0 Å². The fourth-order valence-corrected chi connectivity index (χ4v) is 3.18. The van der Waals surface area contributed by atoms with Crippen LogP contribution in [-0.2, 0) is 0 Å². The van der Waals surface area contributed by atoms with Crippen LogP contribution in [0.2, 0.25) is 0 Å². The van der Waals surface area contributed by atoms with Gasteiger partial charge in [0, 0.05) is 12.1 Å².